The van der Waals surface area contributed by atoms with E-state index < -0.39 is 5.60 Å². The van der Waals surface area contributed by atoms with Gasteiger partial charge in [-0.2, -0.15) is 0 Å². The summed E-state index contributed by atoms with van der Waals surface area (Å²) in [7, 11) is 0. The van der Waals surface area contributed by atoms with Crippen LogP contribution in [0.5, 0.6) is 11.5 Å². The van der Waals surface area contributed by atoms with Crippen molar-refractivity contribution in [2.75, 3.05) is 13.2 Å². The number of hydrogen-bond donors (Lipinski definition) is 0. The van der Waals surface area contributed by atoms with E-state index in [-0.39, 0.29) is 17.7 Å². The number of benzene rings is 1. The molecule has 9 nitrogen and oxygen atoms in total. The zero-order valence-corrected chi connectivity index (χ0v) is 23.1. The summed E-state index contributed by atoms with van der Waals surface area (Å²) in [6, 6.07) is 7.85. The van der Waals surface area contributed by atoms with Crippen molar-refractivity contribution in [3.05, 3.63) is 58.8 Å². The van der Waals surface area contributed by atoms with Gasteiger partial charge in [0.2, 0.25) is 0 Å². The van der Waals surface area contributed by atoms with Gasteiger partial charge in [0.25, 0.3) is 5.56 Å². The van der Waals surface area contributed by atoms with Gasteiger partial charge in [0.05, 0.1) is 17.9 Å². The van der Waals surface area contributed by atoms with E-state index in [0.717, 1.165) is 66.6 Å². The van der Waals surface area contributed by atoms with Crippen LogP contribution in [0.3, 0.4) is 0 Å². The Labute approximate surface area is 229 Å². The largest absolute Gasteiger partial charge is 0.486 e. The molecule has 1 aliphatic carbocycles. The van der Waals surface area contributed by atoms with Gasteiger partial charge in [-0.3, -0.25) is 9.78 Å². The molecule has 0 unspecified atom stereocenters. The highest BCUT2D eigenvalue weighted by atomic mass is 16.6. The van der Waals surface area contributed by atoms with Crippen LogP contribution in [0.2, 0.25) is 0 Å². The van der Waals surface area contributed by atoms with E-state index in [2.05, 4.69) is 9.97 Å². The maximum atomic E-state index is 13.3. The Balaban J connectivity index is 1.20. The molecule has 39 heavy (non-hydrogen) atoms. The highest BCUT2D eigenvalue weighted by molar-refractivity contribution is 5.72. The lowest BCUT2D eigenvalue weighted by atomic mass is 9.82. The topological polar surface area (TPSA) is 95.8 Å². The van der Waals surface area contributed by atoms with Gasteiger partial charge in [-0.25, -0.2) is 9.78 Å². The van der Waals surface area contributed by atoms with Crippen molar-refractivity contribution >= 4 is 17.1 Å². The van der Waals surface area contributed by atoms with Crippen LogP contribution in [-0.4, -0.2) is 50.4 Å². The van der Waals surface area contributed by atoms with E-state index in [1.807, 2.05) is 49.9 Å². The number of hydrogen-bond acceptors (Lipinski definition) is 7. The summed E-state index contributed by atoms with van der Waals surface area (Å²) >= 11 is 0. The van der Waals surface area contributed by atoms with E-state index in [0.29, 0.717) is 32.2 Å². The number of aryl methyl sites for hydroxylation is 1. The summed E-state index contributed by atoms with van der Waals surface area (Å²) in [6.45, 7) is 7.91. The number of carbonyl (C=O) groups excluding carboxylic acids is 1. The van der Waals surface area contributed by atoms with Crippen LogP contribution in [0.25, 0.3) is 11.0 Å². The Bertz CT molecular complexity index is 1360. The Kier molecular flexibility index (Phi) is 8.04. The summed E-state index contributed by atoms with van der Waals surface area (Å²) in [5, 5.41) is 0. The molecule has 208 valence electrons. The minimum atomic E-state index is -0.565. The molecule has 9 heteroatoms. The average molecular weight is 535 g/mol. The van der Waals surface area contributed by atoms with E-state index >= 15 is 0 Å². The molecule has 1 aliphatic heterocycles. The van der Waals surface area contributed by atoms with Crippen molar-refractivity contribution in [1.29, 1.82) is 0 Å². The molecule has 0 radical (unpaired) electrons. The van der Waals surface area contributed by atoms with Crippen molar-refractivity contribution in [2.45, 2.75) is 84.0 Å². The van der Waals surface area contributed by atoms with Crippen LogP contribution in [0, 0.1) is 5.92 Å². The smallest absolute Gasteiger partial charge is 0.410 e. The molecule has 1 fully saturated rings. The van der Waals surface area contributed by atoms with E-state index in [4.69, 9.17) is 14.2 Å². The summed E-state index contributed by atoms with van der Waals surface area (Å²) in [5.74, 6) is 2.04. The first-order chi connectivity index (χ1) is 18.8. The van der Waals surface area contributed by atoms with Crippen LogP contribution in [-0.2, 0) is 17.8 Å². The Morgan fingerprint density at radius 3 is 2.62 bits per heavy atom. The molecule has 1 amide bonds. The van der Waals surface area contributed by atoms with Crippen molar-refractivity contribution < 1.29 is 19.0 Å². The molecule has 1 saturated carbocycles. The minimum Gasteiger partial charge on any atom is -0.486 e. The van der Waals surface area contributed by atoms with Crippen molar-refractivity contribution in [2.24, 2.45) is 5.92 Å². The van der Waals surface area contributed by atoms with E-state index in [1.54, 1.807) is 17.0 Å². The molecule has 0 atom stereocenters. The zero-order chi connectivity index (χ0) is 27.4. The number of amides is 1. The van der Waals surface area contributed by atoms with Crippen molar-refractivity contribution in [1.82, 2.24) is 19.4 Å². The van der Waals surface area contributed by atoms with Crippen LogP contribution < -0.4 is 15.0 Å². The summed E-state index contributed by atoms with van der Waals surface area (Å²) < 4.78 is 19.0. The first-order valence-electron chi connectivity index (χ1n) is 13.9. The van der Waals surface area contributed by atoms with Crippen LogP contribution in [0.4, 0.5) is 4.79 Å². The molecule has 5 rings (SSSR count). The number of fused-ring (bicyclic) bond motifs is 2. The highest BCUT2D eigenvalue weighted by Crippen LogP contribution is 2.34. The Hall–Kier alpha value is -3.62. The van der Waals surface area contributed by atoms with Crippen LogP contribution in [0.15, 0.2) is 47.7 Å². The van der Waals surface area contributed by atoms with Gasteiger partial charge >= 0.3 is 6.09 Å². The number of rotatable bonds is 7. The third-order valence-electron chi connectivity index (χ3n) is 7.49. The quantitative estimate of drug-likeness (QED) is 0.404. The highest BCUT2D eigenvalue weighted by Gasteiger charge is 2.32. The molecule has 0 bridgehead atoms. The molecule has 0 N–H and O–H groups in total. The SMILES string of the molecule is CC(C)(C)OC(=O)N(Cc1ccc2c(c1)OCCO2)C1CCC(CCCn2c(=O)cnc3cnccc32)CC1. The zero-order valence-electron chi connectivity index (χ0n) is 23.1. The lowest BCUT2D eigenvalue weighted by Gasteiger charge is -2.38. The number of nitrogens with zero attached hydrogens (tertiary/aromatic N) is 4. The van der Waals surface area contributed by atoms with E-state index in [1.165, 1.54) is 6.20 Å². The standard InChI is InChI=1S/C30H38N4O5/c1-30(2,3)39-29(36)34(20-22-8-11-26-27(17-22)38-16-15-37-26)23-9-6-21(7-10-23)5-4-14-33-25-12-13-31-18-24(25)32-19-28(33)35/h8,11-13,17-19,21,23H,4-7,9-10,14-16,20H2,1-3H3. The minimum absolute atomic E-state index is 0.0791. The molecule has 0 saturated heterocycles. The lowest BCUT2D eigenvalue weighted by molar-refractivity contribution is 0.00772. The number of ether oxygens (including phenoxy) is 3. The Morgan fingerprint density at radius 2 is 1.85 bits per heavy atom. The molecule has 2 aliphatic rings. The lowest BCUT2D eigenvalue weighted by Crippen LogP contribution is -2.44. The predicted molar refractivity (Wildman–Crippen MR) is 148 cm³/mol. The average Bonchev–Trinajstić information content (AvgIpc) is 2.92. The second kappa shape index (κ2) is 11.6. The van der Waals surface area contributed by atoms with Gasteiger partial charge in [-0.05, 0) is 89.0 Å². The third kappa shape index (κ3) is 6.69. The van der Waals surface area contributed by atoms with Gasteiger partial charge in [0.15, 0.2) is 11.5 Å². The first-order valence-corrected chi connectivity index (χ1v) is 13.9. The summed E-state index contributed by atoms with van der Waals surface area (Å²) in [4.78, 5) is 35.9. The fraction of sp³-hybridized carbons (Fsp3) is 0.533. The number of pyridine rings is 1. The van der Waals surface area contributed by atoms with Gasteiger partial charge in [0, 0.05) is 25.3 Å². The molecule has 0 spiro atoms. The summed E-state index contributed by atoms with van der Waals surface area (Å²) in [6.07, 6.45) is 10.4. The second-order valence-electron chi connectivity index (χ2n) is 11.5. The Morgan fingerprint density at radius 1 is 1.08 bits per heavy atom. The normalized spacial score (nSPS) is 19.1. The molecule has 3 aromatic rings. The monoisotopic (exact) mass is 534 g/mol. The fourth-order valence-corrected chi connectivity index (χ4v) is 5.58. The molecular formula is C30H38N4O5. The molecule has 3 heterocycles. The fourth-order valence-electron chi connectivity index (χ4n) is 5.58. The second-order valence-corrected chi connectivity index (χ2v) is 11.5. The van der Waals surface area contributed by atoms with Gasteiger partial charge < -0.3 is 23.7 Å². The number of aromatic nitrogens is 3. The molecule has 2 aromatic heterocycles. The maximum absolute atomic E-state index is 13.3. The van der Waals surface area contributed by atoms with Crippen molar-refractivity contribution in [3.63, 3.8) is 0 Å². The summed E-state index contributed by atoms with van der Waals surface area (Å²) in [5.41, 5.74) is 1.91. The number of carbonyl (C=O) groups is 1. The predicted octanol–water partition coefficient (Wildman–Crippen LogP) is 5.34. The third-order valence-corrected chi connectivity index (χ3v) is 7.49. The van der Waals surface area contributed by atoms with Gasteiger partial charge in [-0.15, -0.1) is 0 Å². The molecular weight excluding hydrogens is 496 g/mol. The van der Waals surface area contributed by atoms with E-state index in [9.17, 15) is 9.59 Å². The van der Waals surface area contributed by atoms with Gasteiger partial charge in [-0.1, -0.05) is 6.07 Å². The van der Waals surface area contributed by atoms with Crippen molar-refractivity contribution in [3.8, 4) is 11.5 Å². The van der Waals surface area contributed by atoms with Crippen LogP contribution in [0.1, 0.15) is 64.9 Å². The molecule has 1 aromatic carbocycles. The maximum Gasteiger partial charge on any atom is 0.410 e. The van der Waals surface area contributed by atoms with Crippen LogP contribution >= 0.6 is 0 Å². The van der Waals surface area contributed by atoms with Gasteiger partial charge in [0.1, 0.15) is 24.3 Å². The first kappa shape index (κ1) is 27.0.